The summed E-state index contributed by atoms with van der Waals surface area (Å²) < 4.78 is 0. The second-order valence-corrected chi connectivity index (χ2v) is 8.16. The van der Waals surface area contributed by atoms with Gasteiger partial charge in [0.15, 0.2) is 0 Å². The minimum Gasteiger partial charge on any atom is -0.339 e. The number of hydrogen-bond acceptors (Lipinski definition) is 6. The SMILES string of the molecule is CC1N=C(C(=O)N[C@H](C(=O)N2CCCC(N)C2)C(C)C)NN(c2ccccc2)C1=O. The smallest absolute Gasteiger partial charge is 0.288 e. The van der Waals surface area contributed by atoms with Gasteiger partial charge in [-0.3, -0.25) is 19.8 Å². The number of nitrogens with two attached hydrogens (primary N) is 1. The van der Waals surface area contributed by atoms with Crippen LogP contribution in [0.5, 0.6) is 0 Å². The number of rotatable bonds is 5. The van der Waals surface area contributed by atoms with Crippen LogP contribution in [0.25, 0.3) is 0 Å². The first kappa shape index (κ1) is 21.8. The molecule has 3 atom stereocenters. The third-order valence-electron chi connectivity index (χ3n) is 5.34. The Morgan fingerprint density at radius 3 is 2.60 bits per heavy atom. The Hall–Kier alpha value is -2.94. The number of hydrazine groups is 1. The van der Waals surface area contributed by atoms with Crippen molar-refractivity contribution < 1.29 is 14.4 Å². The summed E-state index contributed by atoms with van der Waals surface area (Å²) in [6.45, 7) is 6.52. The highest BCUT2D eigenvalue weighted by Gasteiger charge is 2.35. The zero-order chi connectivity index (χ0) is 21.8. The van der Waals surface area contributed by atoms with Crippen LogP contribution in [0.15, 0.2) is 35.3 Å². The Kier molecular flexibility index (Phi) is 6.71. The molecule has 30 heavy (non-hydrogen) atoms. The molecule has 0 spiro atoms. The van der Waals surface area contributed by atoms with Gasteiger partial charge >= 0.3 is 0 Å². The summed E-state index contributed by atoms with van der Waals surface area (Å²) in [4.78, 5) is 44.4. The minimum atomic E-state index is -0.722. The summed E-state index contributed by atoms with van der Waals surface area (Å²) in [5, 5.41) is 4.11. The van der Waals surface area contributed by atoms with Crippen molar-refractivity contribution in [1.29, 1.82) is 0 Å². The lowest BCUT2D eigenvalue weighted by Gasteiger charge is -2.35. The van der Waals surface area contributed by atoms with Crippen LogP contribution in [0.3, 0.4) is 0 Å². The van der Waals surface area contributed by atoms with Crippen molar-refractivity contribution in [2.45, 2.75) is 51.7 Å². The van der Waals surface area contributed by atoms with E-state index in [0.29, 0.717) is 18.8 Å². The van der Waals surface area contributed by atoms with E-state index in [0.717, 1.165) is 12.8 Å². The van der Waals surface area contributed by atoms with E-state index in [1.54, 1.807) is 36.1 Å². The third kappa shape index (κ3) is 4.79. The summed E-state index contributed by atoms with van der Waals surface area (Å²) in [6, 6.07) is 7.51. The fourth-order valence-corrected chi connectivity index (χ4v) is 3.63. The van der Waals surface area contributed by atoms with Crippen LogP contribution in [0, 0.1) is 5.92 Å². The highest BCUT2D eigenvalue weighted by atomic mass is 16.2. The lowest BCUT2D eigenvalue weighted by atomic mass is 10.00. The Labute approximate surface area is 176 Å². The fourth-order valence-electron chi connectivity index (χ4n) is 3.63. The summed E-state index contributed by atoms with van der Waals surface area (Å²) in [7, 11) is 0. The molecular formula is C21H30N6O3. The molecule has 4 N–H and O–H groups in total. The highest BCUT2D eigenvalue weighted by Crippen LogP contribution is 2.17. The molecule has 162 valence electrons. The topological polar surface area (TPSA) is 120 Å². The maximum atomic E-state index is 13.0. The Balaban J connectivity index is 1.74. The van der Waals surface area contributed by atoms with Crippen molar-refractivity contribution in [1.82, 2.24) is 15.6 Å². The summed E-state index contributed by atoms with van der Waals surface area (Å²) in [5.41, 5.74) is 9.41. The van der Waals surface area contributed by atoms with Gasteiger partial charge in [0.25, 0.3) is 11.8 Å². The summed E-state index contributed by atoms with van der Waals surface area (Å²) in [5.74, 6) is -1.05. The molecule has 1 aromatic carbocycles. The van der Waals surface area contributed by atoms with Gasteiger partial charge in [0.1, 0.15) is 12.1 Å². The van der Waals surface area contributed by atoms with E-state index in [4.69, 9.17) is 5.73 Å². The number of amidine groups is 1. The van der Waals surface area contributed by atoms with Crippen molar-refractivity contribution in [3.05, 3.63) is 30.3 Å². The Morgan fingerprint density at radius 2 is 1.97 bits per heavy atom. The minimum absolute atomic E-state index is 0.000233. The number of carbonyl (C=O) groups excluding carboxylic acids is 3. The van der Waals surface area contributed by atoms with E-state index < -0.39 is 18.0 Å². The molecule has 1 fully saturated rings. The quantitative estimate of drug-likeness (QED) is 0.645. The lowest BCUT2D eigenvalue weighted by Crippen LogP contribution is -2.61. The van der Waals surface area contributed by atoms with Gasteiger partial charge in [0.05, 0.1) is 5.69 Å². The number of amides is 3. The largest absolute Gasteiger partial charge is 0.339 e. The van der Waals surface area contributed by atoms with E-state index in [9.17, 15) is 14.4 Å². The number of anilines is 1. The predicted molar refractivity (Wildman–Crippen MR) is 115 cm³/mol. The predicted octanol–water partition coefficient (Wildman–Crippen LogP) is 0.415. The number of likely N-dealkylation sites (tertiary alicyclic amines) is 1. The van der Waals surface area contributed by atoms with Crippen LogP contribution < -0.4 is 21.5 Å². The molecule has 0 aromatic heterocycles. The highest BCUT2D eigenvalue weighted by molar-refractivity contribution is 6.39. The van der Waals surface area contributed by atoms with Crippen LogP contribution in [0.4, 0.5) is 5.69 Å². The molecule has 0 aliphatic carbocycles. The molecule has 2 aliphatic heterocycles. The van der Waals surface area contributed by atoms with Crippen molar-refractivity contribution in [2.24, 2.45) is 16.6 Å². The van der Waals surface area contributed by atoms with Crippen LogP contribution in [0.2, 0.25) is 0 Å². The maximum Gasteiger partial charge on any atom is 0.288 e. The first-order valence-electron chi connectivity index (χ1n) is 10.4. The molecule has 1 aromatic rings. The molecule has 3 amide bonds. The van der Waals surface area contributed by atoms with Crippen molar-refractivity contribution in [3.63, 3.8) is 0 Å². The molecule has 9 nitrogen and oxygen atoms in total. The van der Waals surface area contributed by atoms with Crippen molar-refractivity contribution >= 4 is 29.2 Å². The number of benzene rings is 1. The van der Waals surface area contributed by atoms with Gasteiger partial charge in [-0.2, -0.15) is 0 Å². The number of nitrogens with zero attached hydrogens (tertiary/aromatic N) is 3. The number of hydrogen-bond donors (Lipinski definition) is 3. The van der Waals surface area contributed by atoms with Gasteiger partial charge in [0.2, 0.25) is 11.7 Å². The Bertz CT molecular complexity index is 825. The van der Waals surface area contributed by atoms with E-state index in [2.05, 4.69) is 15.7 Å². The number of para-hydroxylation sites is 1. The molecule has 9 heteroatoms. The number of nitrogens with one attached hydrogen (secondary N) is 2. The third-order valence-corrected chi connectivity index (χ3v) is 5.34. The number of piperidine rings is 1. The molecular weight excluding hydrogens is 384 g/mol. The van der Waals surface area contributed by atoms with E-state index in [1.165, 1.54) is 5.01 Å². The Morgan fingerprint density at radius 1 is 1.27 bits per heavy atom. The fraction of sp³-hybridized carbons (Fsp3) is 0.524. The summed E-state index contributed by atoms with van der Waals surface area (Å²) >= 11 is 0. The van der Waals surface area contributed by atoms with Crippen molar-refractivity contribution in [2.75, 3.05) is 18.1 Å². The molecule has 0 radical (unpaired) electrons. The maximum absolute atomic E-state index is 13.0. The number of carbonyl (C=O) groups is 3. The van der Waals surface area contributed by atoms with E-state index >= 15 is 0 Å². The van der Waals surface area contributed by atoms with Gasteiger partial charge < -0.3 is 16.0 Å². The lowest BCUT2D eigenvalue weighted by molar-refractivity contribution is -0.137. The van der Waals surface area contributed by atoms with Crippen LogP contribution in [-0.4, -0.2) is 59.7 Å². The number of aliphatic imine (C=N–C) groups is 1. The summed E-state index contributed by atoms with van der Waals surface area (Å²) in [6.07, 6.45) is 1.75. The molecule has 3 rings (SSSR count). The van der Waals surface area contributed by atoms with Gasteiger partial charge in [-0.25, -0.2) is 10.0 Å². The molecule has 0 saturated carbocycles. The van der Waals surface area contributed by atoms with Crippen LogP contribution >= 0.6 is 0 Å². The average molecular weight is 415 g/mol. The zero-order valence-electron chi connectivity index (χ0n) is 17.7. The van der Waals surface area contributed by atoms with Crippen LogP contribution in [-0.2, 0) is 14.4 Å². The van der Waals surface area contributed by atoms with Gasteiger partial charge in [0, 0.05) is 19.1 Å². The van der Waals surface area contributed by atoms with E-state index in [-0.39, 0.29) is 29.6 Å². The normalized spacial score (nSPS) is 23.0. The van der Waals surface area contributed by atoms with Crippen molar-refractivity contribution in [3.8, 4) is 0 Å². The van der Waals surface area contributed by atoms with Gasteiger partial charge in [-0.1, -0.05) is 32.0 Å². The first-order valence-corrected chi connectivity index (χ1v) is 10.4. The molecule has 0 bridgehead atoms. The average Bonchev–Trinajstić information content (AvgIpc) is 2.73. The molecule has 2 unspecified atom stereocenters. The standard InChI is InChI=1S/C21H30N6O3/c1-13(2)17(21(30)26-11-7-8-15(22)12-26)24-19(28)18-23-14(3)20(29)27(25-18)16-9-5-4-6-10-16/h4-6,9-10,13-15,17H,7-8,11-12,22H2,1-3H3,(H,23,25)(H,24,28)/t14?,15?,17-/m0/s1. The zero-order valence-corrected chi connectivity index (χ0v) is 17.7. The molecule has 1 saturated heterocycles. The molecule has 2 aliphatic rings. The second-order valence-electron chi connectivity index (χ2n) is 8.16. The molecule has 2 heterocycles. The van der Waals surface area contributed by atoms with E-state index in [1.807, 2.05) is 19.9 Å². The first-order chi connectivity index (χ1) is 14.3. The van der Waals surface area contributed by atoms with Gasteiger partial charge in [-0.05, 0) is 37.8 Å². The van der Waals surface area contributed by atoms with Gasteiger partial charge in [-0.15, -0.1) is 0 Å². The second kappa shape index (κ2) is 9.25. The monoisotopic (exact) mass is 414 g/mol. The van der Waals surface area contributed by atoms with Crippen LogP contribution in [0.1, 0.15) is 33.6 Å².